The largest absolute Gasteiger partial charge is 0.377 e. The maximum absolute atomic E-state index is 13.5. The zero-order valence-corrected chi connectivity index (χ0v) is 22.2. The molecule has 2 heterocycles. The summed E-state index contributed by atoms with van der Waals surface area (Å²) in [6.07, 6.45) is 1.74. The van der Waals surface area contributed by atoms with Crippen LogP contribution in [0, 0.1) is 6.92 Å². The normalized spacial score (nSPS) is 16.5. The molecule has 0 spiro atoms. The molecule has 3 aromatic rings. The van der Waals surface area contributed by atoms with Crippen LogP contribution in [0.1, 0.15) is 28.8 Å². The quantitative estimate of drug-likeness (QED) is 0.432. The van der Waals surface area contributed by atoms with Crippen LogP contribution in [-0.2, 0) is 14.8 Å². The number of aryl methyl sites for hydroxylation is 1. The summed E-state index contributed by atoms with van der Waals surface area (Å²) in [5.41, 5.74) is 2.37. The number of fused-ring (bicyclic) bond motifs is 1. The number of rotatable bonds is 9. The minimum Gasteiger partial charge on any atom is -0.377 e. The van der Waals surface area contributed by atoms with Crippen molar-refractivity contribution in [2.24, 2.45) is 0 Å². The lowest BCUT2D eigenvalue weighted by molar-refractivity contribution is 0.0978. The smallest absolute Gasteiger partial charge is 0.260 e. The Labute approximate surface area is 211 Å². The number of anilines is 1. The summed E-state index contributed by atoms with van der Waals surface area (Å²) in [5, 5.41) is 0.633. The Kier molecular flexibility index (Phi) is 7.87. The molecule has 8 nitrogen and oxygen atoms in total. The van der Waals surface area contributed by atoms with Crippen molar-refractivity contribution in [3.8, 4) is 0 Å². The number of amides is 1. The van der Waals surface area contributed by atoms with Gasteiger partial charge >= 0.3 is 0 Å². The first kappa shape index (κ1) is 25.7. The summed E-state index contributed by atoms with van der Waals surface area (Å²) >= 11 is 1.48. The third-order valence-electron chi connectivity index (χ3n) is 6.15. The van der Waals surface area contributed by atoms with Crippen molar-refractivity contribution < 1.29 is 17.9 Å². The van der Waals surface area contributed by atoms with Gasteiger partial charge in [0.15, 0.2) is 5.13 Å². The molecule has 0 bridgehead atoms. The van der Waals surface area contributed by atoms with Crippen LogP contribution in [0.15, 0.2) is 47.4 Å². The number of para-hydroxylation sites is 1. The number of hydrogen-bond acceptors (Lipinski definition) is 7. The fraction of sp³-hybridized carbons (Fsp3) is 0.440. The Morgan fingerprint density at radius 3 is 2.49 bits per heavy atom. The second-order valence-electron chi connectivity index (χ2n) is 9.12. The van der Waals surface area contributed by atoms with E-state index >= 15 is 0 Å². The zero-order chi connectivity index (χ0) is 25.2. The Hall–Kier alpha value is -2.37. The van der Waals surface area contributed by atoms with Crippen molar-refractivity contribution in [2.75, 3.05) is 52.3 Å². The number of sulfonamides is 1. The van der Waals surface area contributed by atoms with Gasteiger partial charge in [-0.25, -0.2) is 13.4 Å². The first-order valence-corrected chi connectivity index (χ1v) is 13.9. The van der Waals surface area contributed by atoms with E-state index in [1.54, 1.807) is 24.1 Å². The van der Waals surface area contributed by atoms with E-state index in [1.807, 2.05) is 44.1 Å². The molecule has 35 heavy (non-hydrogen) atoms. The first-order chi connectivity index (χ1) is 16.7. The van der Waals surface area contributed by atoms with Gasteiger partial charge in [-0.1, -0.05) is 23.5 Å². The topological polar surface area (TPSA) is 83.1 Å². The summed E-state index contributed by atoms with van der Waals surface area (Å²) in [4.78, 5) is 22.1. The summed E-state index contributed by atoms with van der Waals surface area (Å²) < 4.78 is 34.0. The van der Waals surface area contributed by atoms with Crippen molar-refractivity contribution in [1.29, 1.82) is 0 Å². The number of aromatic nitrogens is 1. The number of likely N-dealkylation sites (N-methyl/N-ethyl adjacent to an activating group) is 2. The standard InChI is InChI=1S/C25H32N4O4S2/c1-18-7-5-9-22-23(18)26-25(34-22)29(15-14-27(2)3)24(30)19-10-12-21(13-11-19)35(31,32)28(4)17-20-8-6-16-33-20/h5,7,9-13,20H,6,8,14-17H2,1-4H3. The molecule has 1 unspecified atom stereocenters. The zero-order valence-electron chi connectivity index (χ0n) is 20.6. The molecular weight excluding hydrogens is 484 g/mol. The van der Waals surface area contributed by atoms with Crippen molar-refractivity contribution in [2.45, 2.75) is 30.8 Å². The summed E-state index contributed by atoms with van der Waals surface area (Å²) in [6, 6.07) is 12.2. The highest BCUT2D eigenvalue weighted by Crippen LogP contribution is 2.31. The first-order valence-electron chi connectivity index (χ1n) is 11.7. The minimum absolute atomic E-state index is 0.0710. The molecule has 1 saturated heterocycles. The fourth-order valence-corrected chi connectivity index (χ4v) is 6.32. The van der Waals surface area contributed by atoms with Crippen LogP contribution in [0.25, 0.3) is 10.2 Å². The van der Waals surface area contributed by atoms with Crippen LogP contribution in [-0.4, -0.2) is 82.0 Å². The van der Waals surface area contributed by atoms with Gasteiger partial charge < -0.3 is 9.64 Å². The number of benzene rings is 2. The monoisotopic (exact) mass is 516 g/mol. The predicted octanol–water partition coefficient (Wildman–Crippen LogP) is 3.61. The van der Waals surface area contributed by atoms with E-state index in [0.29, 0.717) is 36.9 Å². The van der Waals surface area contributed by atoms with Crippen LogP contribution in [0.2, 0.25) is 0 Å². The third kappa shape index (κ3) is 5.73. The lowest BCUT2D eigenvalue weighted by Crippen LogP contribution is -2.37. The third-order valence-corrected chi connectivity index (χ3v) is 9.03. The van der Waals surface area contributed by atoms with Crippen molar-refractivity contribution in [3.05, 3.63) is 53.6 Å². The Balaban J connectivity index is 1.57. The highest BCUT2D eigenvalue weighted by molar-refractivity contribution is 7.89. The average molecular weight is 517 g/mol. The number of thiazole rings is 1. The number of hydrogen-bond donors (Lipinski definition) is 0. The molecule has 0 N–H and O–H groups in total. The van der Waals surface area contributed by atoms with E-state index in [-0.39, 0.29) is 16.9 Å². The van der Waals surface area contributed by atoms with E-state index in [0.717, 1.165) is 28.6 Å². The second kappa shape index (κ2) is 10.7. The highest BCUT2D eigenvalue weighted by Gasteiger charge is 2.27. The van der Waals surface area contributed by atoms with E-state index in [2.05, 4.69) is 0 Å². The lowest BCUT2D eigenvalue weighted by atomic mass is 10.2. The van der Waals surface area contributed by atoms with E-state index in [1.165, 1.54) is 27.8 Å². The number of carbonyl (C=O) groups excluding carboxylic acids is 1. The van der Waals surface area contributed by atoms with Gasteiger partial charge in [0.2, 0.25) is 10.0 Å². The molecule has 1 atom stereocenters. The van der Waals surface area contributed by atoms with Crippen LogP contribution in [0.4, 0.5) is 5.13 Å². The maximum Gasteiger partial charge on any atom is 0.260 e. The van der Waals surface area contributed by atoms with Crippen molar-refractivity contribution >= 4 is 42.6 Å². The van der Waals surface area contributed by atoms with Gasteiger partial charge in [0.05, 0.1) is 21.2 Å². The van der Waals surface area contributed by atoms with Crippen LogP contribution >= 0.6 is 11.3 Å². The van der Waals surface area contributed by atoms with Crippen LogP contribution in [0.5, 0.6) is 0 Å². The van der Waals surface area contributed by atoms with E-state index in [4.69, 9.17) is 9.72 Å². The molecule has 1 fully saturated rings. The number of ether oxygens (including phenoxy) is 1. The number of nitrogens with zero attached hydrogens (tertiary/aromatic N) is 4. The van der Waals surface area contributed by atoms with E-state index < -0.39 is 10.0 Å². The Morgan fingerprint density at radius 1 is 1.11 bits per heavy atom. The molecule has 1 aromatic heterocycles. The van der Waals surface area contributed by atoms with Gasteiger partial charge in [0, 0.05) is 38.9 Å². The predicted molar refractivity (Wildman–Crippen MR) is 140 cm³/mol. The molecule has 4 rings (SSSR count). The van der Waals surface area contributed by atoms with Gasteiger partial charge in [-0.05, 0) is 69.8 Å². The minimum atomic E-state index is -3.67. The summed E-state index contributed by atoms with van der Waals surface area (Å²) in [6.45, 7) is 4.13. The molecule has 1 amide bonds. The second-order valence-corrected chi connectivity index (χ2v) is 12.2. The Bertz CT molecular complexity index is 1280. The molecule has 1 aliphatic heterocycles. The Morgan fingerprint density at radius 2 is 1.86 bits per heavy atom. The molecule has 188 valence electrons. The summed E-state index contributed by atoms with van der Waals surface area (Å²) in [7, 11) is 1.80. The highest BCUT2D eigenvalue weighted by atomic mass is 32.2. The average Bonchev–Trinajstić information content (AvgIpc) is 3.49. The van der Waals surface area contributed by atoms with E-state index in [9.17, 15) is 13.2 Å². The molecule has 1 aliphatic rings. The molecule has 0 aliphatic carbocycles. The van der Waals surface area contributed by atoms with Gasteiger partial charge in [-0.15, -0.1) is 0 Å². The maximum atomic E-state index is 13.5. The molecule has 10 heteroatoms. The molecule has 0 radical (unpaired) electrons. The SMILES string of the molecule is Cc1cccc2sc(N(CCN(C)C)C(=O)c3ccc(S(=O)(=O)N(C)CC4CCCO4)cc3)nc12. The molecular formula is C25H32N4O4S2. The fourth-order valence-electron chi connectivity index (χ4n) is 4.05. The molecule has 0 saturated carbocycles. The van der Waals surface area contributed by atoms with Crippen molar-refractivity contribution in [1.82, 2.24) is 14.2 Å². The number of carbonyl (C=O) groups is 1. The van der Waals surface area contributed by atoms with Crippen LogP contribution in [0.3, 0.4) is 0 Å². The summed E-state index contributed by atoms with van der Waals surface area (Å²) in [5.74, 6) is -0.208. The van der Waals surface area contributed by atoms with Gasteiger partial charge in [0.25, 0.3) is 5.91 Å². The van der Waals surface area contributed by atoms with Crippen molar-refractivity contribution in [3.63, 3.8) is 0 Å². The van der Waals surface area contributed by atoms with Crippen LogP contribution < -0.4 is 4.90 Å². The van der Waals surface area contributed by atoms with Gasteiger partial charge in [-0.3, -0.25) is 9.69 Å². The van der Waals surface area contributed by atoms with Gasteiger partial charge in [-0.2, -0.15) is 4.31 Å². The molecule has 2 aromatic carbocycles. The lowest BCUT2D eigenvalue weighted by Gasteiger charge is -2.23. The van der Waals surface area contributed by atoms with Gasteiger partial charge in [0.1, 0.15) is 0 Å².